The van der Waals surface area contributed by atoms with E-state index in [1.54, 1.807) is 0 Å². The normalized spacial score (nSPS) is 26.2. The van der Waals surface area contributed by atoms with Crippen LogP contribution in [-0.4, -0.2) is 24.0 Å². The molecule has 1 atom stereocenters. The van der Waals surface area contributed by atoms with Crippen molar-refractivity contribution < 1.29 is 9.59 Å². The highest BCUT2D eigenvalue weighted by molar-refractivity contribution is 5.87. The van der Waals surface area contributed by atoms with Crippen molar-refractivity contribution in [2.45, 2.75) is 6.42 Å². The van der Waals surface area contributed by atoms with Gasteiger partial charge >= 0.3 is 0 Å². The zero-order chi connectivity index (χ0) is 8.13. The van der Waals surface area contributed by atoms with Gasteiger partial charge in [-0.3, -0.25) is 4.79 Å². The van der Waals surface area contributed by atoms with Gasteiger partial charge in [-0.1, -0.05) is 0 Å². The molecule has 1 N–H and O–H groups in total. The maximum Gasteiger partial charge on any atom is 0.242 e. The highest BCUT2D eigenvalue weighted by Gasteiger charge is 2.43. The minimum atomic E-state index is 0.251. The van der Waals surface area contributed by atoms with E-state index in [2.05, 4.69) is 10.1 Å². The Morgan fingerprint density at radius 2 is 2.58 bits per heavy atom. The van der Waals surface area contributed by atoms with Crippen LogP contribution in [0.25, 0.3) is 0 Å². The van der Waals surface area contributed by atoms with E-state index in [0.717, 1.165) is 13.0 Å². The summed E-state index contributed by atoms with van der Waals surface area (Å²) < 4.78 is 0. The van der Waals surface area contributed by atoms with Gasteiger partial charge in [0.2, 0.25) is 5.69 Å². The summed E-state index contributed by atoms with van der Waals surface area (Å²) in [4.78, 5) is 13.3. The van der Waals surface area contributed by atoms with E-state index in [1.807, 2.05) is 17.1 Å². The van der Waals surface area contributed by atoms with Crippen molar-refractivity contribution in [2.75, 3.05) is 18.1 Å². The van der Waals surface area contributed by atoms with Crippen molar-refractivity contribution in [1.82, 2.24) is 5.10 Å². The molecule has 12 heavy (non-hydrogen) atoms. The first-order valence-electron chi connectivity index (χ1n) is 4.21. The Kier molecular flexibility index (Phi) is 0.977. The highest BCUT2D eigenvalue weighted by atomic mass is 16.1. The molecule has 62 valence electrons. The number of fused-ring (bicyclic) bond motifs is 4. The van der Waals surface area contributed by atoms with Gasteiger partial charge in [-0.25, -0.2) is 0 Å². The van der Waals surface area contributed by atoms with Crippen LogP contribution in [0.5, 0.6) is 0 Å². The molecule has 1 unspecified atom stereocenters. The van der Waals surface area contributed by atoms with E-state index in [9.17, 15) is 4.79 Å². The molecule has 1 aromatic heterocycles. The van der Waals surface area contributed by atoms with Gasteiger partial charge in [0.05, 0.1) is 18.7 Å². The third-order valence-corrected chi connectivity index (χ3v) is 2.71. The van der Waals surface area contributed by atoms with E-state index in [1.165, 1.54) is 5.69 Å². The summed E-state index contributed by atoms with van der Waals surface area (Å²) in [6, 6.07) is 2.04. The first-order chi connectivity index (χ1) is 5.84. The summed E-state index contributed by atoms with van der Waals surface area (Å²) in [5.41, 5.74) is 1.22. The fraction of sp³-hybridized carbons (Fsp3) is 0.500. The first kappa shape index (κ1) is 6.22. The molecule has 1 fully saturated rings. The number of hydrogen-bond acceptors (Lipinski definition) is 2. The molecule has 0 amide bonds. The lowest BCUT2D eigenvalue weighted by molar-refractivity contribution is -0.754. The second-order valence-electron chi connectivity index (χ2n) is 3.48. The van der Waals surface area contributed by atoms with Gasteiger partial charge < -0.3 is 0 Å². The van der Waals surface area contributed by atoms with E-state index < -0.39 is 0 Å². The quantitative estimate of drug-likeness (QED) is 0.499. The fourth-order valence-electron chi connectivity index (χ4n) is 2.09. The van der Waals surface area contributed by atoms with Crippen LogP contribution in [0, 0.1) is 5.92 Å². The fourth-order valence-corrected chi connectivity index (χ4v) is 2.09. The van der Waals surface area contributed by atoms with Crippen LogP contribution in [0.2, 0.25) is 0 Å². The van der Waals surface area contributed by atoms with Crippen molar-refractivity contribution >= 4 is 5.78 Å². The Balaban J connectivity index is 2.12. The van der Waals surface area contributed by atoms with Crippen molar-refractivity contribution in [3.05, 3.63) is 18.0 Å². The van der Waals surface area contributed by atoms with Gasteiger partial charge in [0.15, 0.2) is 5.78 Å². The van der Waals surface area contributed by atoms with Gasteiger partial charge in [0.1, 0.15) is 6.54 Å². The number of carbonyl (C=O) groups excluding carboxylic acids is 1. The van der Waals surface area contributed by atoms with Crippen molar-refractivity contribution in [3.63, 3.8) is 0 Å². The number of aromatic amines is 1. The lowest BCUT2D eigenvalue weighted by atomic mass is 10.0. The predicted octanol–water partition coefficient (Wildman–Crippen LogP) is -1.00. The van der Waals surface area contributed by atoms with Crippen LogP contribution < -0.4 is 9.80 Å². The number of Topliss-reactive ketones (excluding diaryl/α,β-unsaturated/α-hetero) is 1. The molecule has 0 spiro atoms. The molecule has 2 aliphatic rings. The third-order valence-electron chi connectivity index (χ3n) is 2.71. The standard InChI is InChI=1S/C8H9N3O/c12-8-5-10-4-6(8)3-7-1-2-9-11(7)10/h1-2,6H,3-5H2/p+1. The maximum absolute atomic E-state index is 11.4. The molecule has 0 saturated carbocycles. The average molecular weight is 164 g/mol. The smallest absolute Gasteiger partial charge is 0.242 e. The summed E-state index contributed by atoms with van der Waals surface area (Å²) in [6.07, 6.45) is 2.82. The summed E-state index contributed by atoms with van der Waals surface area (Å²) >= 11 is 0. The number of hydrogen-bond donors (Lipinski definition) is 1. The Labute approximate surface area is 69.7 Å². The number of carbonyl (C=O) groups is 1. The predicted molar refractivity (Wildman–Crippen MR) is 41.1 cm³/mol. The van der Waals surface area contributed by atoms with Gasteiger partial charge in [0.25, 0.3) is 0 Å². The Bertz CT molecular complexity index is 344. The second kappa shape index (κ2) is 1.88. The molecule has 0 aliphatic carbocycles. The molecule has 1 aromatic rings. The third kappa shape index (κ3) is 0.622. The summed E-state index contributed by atoms with van der Waals surface area (Å²) in [5, 5.41) is 5.16. The lowest BCUT2D eigenvalue weighted by Gasteiger charge is -2.13. The monoisotopic (exact) mass is 164 g/mol. The largest absolute Gasteiger partial charge is 0.297 e. The number of aromatic nitrogens is 2. The van der Waals surface area contributed by atoms with Gasteiger partial charge in [0, 0.05) is 17.3 Å². The Morgan fingerprint density at radius 3 is 3.50 bits per heavy atom. The number of ketones is 1. The SMILES string of the molecule is O=C1CN2CC1Cc1cc[nH][n+]12. The molecule has 4 nitrogen and oxygen atoms in total. The van der Waals surface area contributed by atoms with Crippen LogP contribution in [-0.2, 0) is 11.2 Å². The van der Waals surface area contributed by atoms with Gasteiger partial charge in [-0.2, -0.15) is 0 Å². The molecule has 2 bridgehead atoms. The van der Waals surface area contributed by atoms with Crippen LogP contribution in [0.4, 0.5) is 0 Å². The average Bonchev–Trinajstić information content (AvgIpc) is 2.60. The van der Waals surface area contributed by atoms with Crippen LogP contribution in [0.3, 0.4) is 0 Å². The minimum absolute atomic E-state index is 0.251. The van der Waals surface area contributed by atoms with Crippen LogP contribution >= 0.6 is 0 Å². The van der Waals surface area contributed by atoms with E-state index in [-0.39, 0.29) is 5.92 Å². The van der Waals surface area contributed by atoms with Gasteiger partial charge in [-0.05, 0) is 0 Å². The molecule has 1 saturated heterocycles. The van der Waals surface area contributed by atoms with Gasteiger partial charge in [-0.15, -0.1) is 10.1 Å². The second-order valence-corrected chi connectivity index (χ2v) is 3.48. The van der Waals surface area contributed by atoms with E-state index >= 15 is 0 Å². The Morgan fingerprint density at radius 1 is 1.67 bits per heavy atom. The molecule has 0 radical (unpaired) electrons. The summed E-state index contributed by atoms with van der Waals surface area (Å²) in [7, 11) is 0. The van der Waals surface area contributed by atoms with Crippen LogP contribution in [0.1, 0.15) is 5.69 Å². The molecule has 3 rings (SSSR count). The van der Waals surface area contributed by atoms with Crippen molar-refractivity contribution in [3.8, 4) is 0 Å². The maximum atomic E-state index is 11.4. The molecule has 3 heterocycles. The topological polar surface area (TPSA) is 40.0 Å². The lowest BCUT2D eigenvalue weighted by Crippen LogP contribution is -2.62. The van der Waals surface area contributed by atoms with Crippen molar-refractivity contribution in [2.24, 2.45) is 5.92 Å². The van der Waals surface area contributed by atoms with E-state index in [4.69, 9.17) is 0 Å². The molecular weight excluding hydrogens is 154 g/mol. The zero-order valence-electron chi connectivity index (χ0n) is 6.66. The summed E-state index contributed by atoms with van der Waals surface area (Å²) in [5.74, 6) is 0.632. The minimum Gasteiger partial charge on any atom is -0.297 e. The molecular formula is C8H10N3O+. The summed E-state index contributed by atoms with van der Waals surface area (Å²) in [6.45, 7) is 1.46. The Hall–Kier alpha value is -1.32. The number of rotatable bonds is 0. The molecule has 2 aliphatic heterocycles. The van der Waals surface area contributed by atoms with Crippen LogP contribution in [0.15, 0.2) is 12.3 Å². The van der Waals surface area contributed by atoms with E-state index in [0.29, 0.717) is 12.3 Å². The highest BCUT2D eigenvalue weighted by Crippen LogP contribution is 2.17. The first-order valence-corrected chi connectivity index (χ1v) is 4.21. The molecule has 0 aromatic carbocycles. The number of nitrogens with zero attached hydrogens (tertiary/aromatic N) is 2. The number of H-pyrrole nitrogens is 1. The molecule has 4 heteroatoms. The zero-order valence-corrected chi connectivity index (χ0v) is 6.66. The number of nitrogens with one attached hydrogen (secondary N) is 1. The van der Waals surface area contributed by atoms with Crippen molar-refractivity contribution in [1.29, 1.82) is 0 Å².